The molecule has 0 radical (unpaired) electrons. The second-order valence-corrected chi connectivity index (χ2v) is 10.9. The Morgan fingerprint density at radius 3 is 2.12 bits per heavy atom. The summed E-state index contributed by atoms with van der Waals surface area (Å²) in [5.74, 6) is -2.37. The average molecular weight is 547 g/mol. The van der Waals surface area contributed by atoms with Crippen LogP contribution in [-0.2, 0) is 16.0 Å². The second-order valence-electron chi connectivity index (χ2n) is 10.9. The van der Waals surface area contributed by atoms with Gasteiger partial charge in [-0.15, -0.1) is 0 Å². The Hall–Kier alpha value is -3.83. The van der Waals surface area contributed by atoms with E-state index in [9.17, 15) is 24.4 Å². The first kappa shape index (κ1) is 30.7. The first-order chi connectivity index (χ1) is 19.0. The number of benzene rings is 2. The van der Waals surface area contributed by atoms with Crippen LogP contribution >= 0.6 is 0 Å². The molecule has 5 N–H and O–H groups in total. The van der Waals surface area contributed by atoms with Crippen LogP contribution in [0.5, 0.6) is 0 Å². The minimum atomic E-state index is -1.74. The molecule has 3 atom stereocenters. The fourth-order valence-electron chi connectivity index (χ4n) is 4.48. The number of nitrogens with zero attached hydrogens (tertiary/aromatic N) is 2. The molecule has 212 valence electrons. The quantitative estimate of drug-likeness (QED) is 0.205. The summed E-state index contributed by atoms with van der Waals surface area (Å²) in [5, 5.41) is 29.8. The van der Waals surface area contributed by atoms with Gasteiger partial charge in [-0.3, -0.25) is 19.4 Å². The van der Waals surface area contributed by atoms with Gasteiger partial charge in [-0.1, -0.05) is 70.2 Å². The maximum Gasteiger partial charge on any atom is 0.475 e. The molecule has 0 aliphatic rings. The van der Waals surface area contributed by atoms with Gasteiger partial charge in [0.15, 0.2) is 0 Å². The Balaban J connectivity index is 1.84. The molecule has 0 aliphatic carbocycles. The van der Waals surface area contributed by atoms with Gasteiger partial charge >= 0.3 is 7.12 Å². The van der Waals surface area contributed by atoms with Gasteiger partial charge in [0.2, 0.25) is 11.8 Å². The van der Waals surface area contributed by atoms with Gasteiger partial charge in [0.25, 0.3) is 5.91 Å². The van der Waals surface area contributed by atoms with E-state index in [1.165, 1.54) is 18.6 Å². The molecule has 11 heteroatoms. The number of carbonyl (C=O) groups is 3. The highest BCUT2D eigenvalue weighted by Gasteiger charge is 2.32. The van der Waals surface area contributed by atoms with Crippen molar-refractivity contribution in [3.05, 3.63) is 72.3 Å². The van der Waals surface area contributed by atoms with Crippen molar-refractivity contribution in [2.75, 3.05) is 0 Å². The number of amides is 3. The number of aromatic nitrogens is 2. The Labute approximate surface area is 235 Å². The number of hydrogen-bond acceptors (Lipinski definition) is 7. The Bertz CT molecular complexity index is 1290. The summed E-state index contributed by atoms with van der Waals surface area (Å²) < 4.78 is 0. The van der Waals surface area contributed by atoms with Gasteiger partial charge in [0.1, 0.15) is 17.8 Å². The van der Waals surface area contributed by atoms with E-state index < -0.39 is 42.9 Å². The van der Waals surface area contributed by atoms with Gasteiger partial charge < -0.3 is 26.0 Å². The predicted octanol–water partition coefficient (Wildman–Crippen LogP) is 2.04. The molecule has 3 amide bonds. The van der Waals surface area contributed by atoms with Crippen LogP contribution in [0.4, 0.5) is 0 Å². The molecule has 0 saturated carbocycles. The third-order valence-corrected chi connectivity index (χ3v) is 6.42. The Morgan fingerprint density at radius 2 is 1.50 bits per heavy atom. The summed E-state index contributed by atoms with van der Waals surface area (Å²) in [6, 6.07) is 11.7. The van der Waals surface area contributed by atoms with Gasteiger partial charge in [-0.05, 0) is 41.0 Å². The van der Waals surface area contributed by atoms with Gasteiger partial charge in [-0.25, -0.2) is 4.98 Å². The van der Waals surface area contributed by atoms with Crippen LogP contribution in [0.2, 0.25) is 0 Å². The normalized spacial score (nSPS) is 13.5. The summed E-state index contributed by atoms with van der Waals surface area (Å²) in [5.41, 5.74) is 0.882. The predicted molar refractivity (Wildman–Crippen MR) is 154 cm³/mol. The van der Waals surface area contributed by atoms with Crippen LogP contribution in [-0.4, -0.2) is 62.9 Å². The van der Waals surface area contributed by atoms with Crippen molar-refractivity contribution in [1.82, 2.24) is 25.9 Å². The largest absolute Gasteiger partial charge is 0.475 e. The summed E-state index contributed by atoms with van der Waals surface area (Å²) >= 11 is 0. The van der Waals surface area contributed by atoms with Crippen molar-refractivity contribution < 1.29 is 24.4 Å². The van der Waals surface area contributed by atoms with Gasteiger partial charge in [0, 0.05) is 18.8 Å². The topological polar surface area (TPSA) is 154 Å². The van der Waals surface area contributed by atoms with E-state index in [4.69, 9.17) is 0 Å². The van der Waals surface area contributed by atoms with Crippen LogP contribution in [0, 0.1) is 11.8 Å². The van der Waals surface area contributed by atoms with Crippen molar-refractivity contribution in [2.45, 2.75) is 65.0 Å². The number of fused-ring (bicyclic) bond motifs is 1. The van der Waals surface area contributed by atoms with Crippen LogP contribution in [0.15, 0.2) is 61.1 Å². The van der Waals surface area contributed by atoms with Crippen molar-refractivity contribution >= 4 is 35.6 Å². The Kier molecular flexibility index (Phi) is 11.2. The molecule has 1 heterocycles. The average Bonchev–Trinajstić information content (AvgIpc) is 2.91. The fourth-order valence-corrected chi connectivity index (χ4v) is 4.48. The highest BCUT2D eigenvalue weighted by Crippen LogP contribution is 2.17. The zero-order chi connectivity index (χ0) is 29.2. The van der Waals surface area contributed by atoms with Crippen LogP contribution in [0.1, 0.15) is 56.6 Å². The van der Waals surface area contributed by atoms with Crippen molar-refractivity contribution in [3.8, 4) is 0 Å². The summed E-state index contributed by atoms with van der Waals surface area (Å²) in [6.45, 7) is 7.65. The van der Waals surface area contributed by atoms with Crippen molar-refractivity contribution in [3.63, 3.8) is 0 Å². The SMILES string of the molecule is CC(C)C[C@H](NC(=O)[C@H](CC(C)C)NC(=O)[C@H](Cc1ccc2ccccc2c1)NC(=O)c1cnccn1)B(O)O. The monoisotopic (exact) mass is 547 g/mol. The van der Waals surface area contributed by atoms with Gasteiger partial charge in [-0.2, -0.15) is 0 Å². The number of nitrogens with one attached hydrogen (secondary N) is 3. The third kappa shape index (κ3) is 9.13. The zero-order valence-electron chi connectivity index (χ0n) is 23.4. The van der Waals surface area contributed by atoms with Crippen molar-refractivity contribution in [2.24, 2.45) is 11.8 Å². The van der Waals surface area contributed by atoms with E-state index in [1.54, 1.807) is 0 Å². The van der Waals surface area contributed by atoms with Crippen LogP contribution in [0.3, 0.4) is 0 Å². The van der Waals surface area contributed by atoms with E-state index in [2.05, 4.69) is 25.9 Å². The molecular weight excluding hydrogens is 509 g/mol. The summed E-state index contributed by atoms with van der Waals surface area (Å²) in [6.07, 6.45) is 4.98. The highest BCUT2D eigenvalue weighted by atomic mass is 16.4. The number of carbonyl (C=O) groups excluding carboxylic acids is 3. The summed E-state index contributed by atoms with van der Waals surface area (Å²) in [7, 11) is -1.74. The molecule has 0 aliphatic heterocycles. The fraction of sp³-hybridized carbons (Fsp3) is 0.414. The van der Waals surface area contributed by atoms with Gasteiger partial charge in [0.05, 0.1) is 12.1 Å². The zero-order valence-corrected chi connectivity index (χ0v) is 23.4. The minimum absolute atomic E-state index is 0.0479. The molecule has 2 aromatic carbocycles. The molecular formula is C29H38BN5O5. The van der Waals surface area contributed by atoms with E-state index in [0.717, 1.165) is 16.3 Å². The first-order valence-corrected chi connectivity index (χ1v) is 13.5. The highest BCUT2D eigenvalue weighted by molar-refractivity contribution is 6.43. The molecule has 10 nitrogen and oxygen atoms in total. The van der Waals surface area contributed by atoms with E-state index in [-0.39, 0.29) is 24.0 Å². The second kappa shape index (κ2) is 14.5. The molecule has 40 heavy (non-hydrogen) atoms. The lowest BCUT2D eigenvalue weighted by atomic mass is 9.75. The molecule has 0 saturated heterocycles. The lowest BCUT2D eigenvalue weighted by molar-refractivity contribution is -0.130. The van der Waals surface area contributed by atoms with E-state index in [1.807, 2.05) is 70.2 Å². The van der Waals surface area contributed by atoms with E-state index >= 15 is 0 Å². The molecule has 0 fully saturated rings. The van der Waals surface area contributed by atoms with Crippen LogP contribution in [0.25, 0.3) is 10.8 Å². The lowest BCUT2D eigenvalue weighted by Crippen LogP contribution is -2.57. The molecule has 0 unspecified atom stereocenters. The number of hydrogen-bond donors (Lipinski definition) is 5. The van der Waals surface area contributed by atoms with Crippen LogP contribution < -0.4 is 16.0 Å². The minimum Gasteiger partial charge on any atom is -0.426 e. The molecule has 3 rings (SSSR count). The maximum atomic E-state index is 13.6. The lowest BCUT2D eigenvalue weighted by Gasteiger charge is -2.27. The standard InChI is InChI=1S/C29H38BN5O5/c1-18(2)13-23(28(37)35-26(30(39)40)14-19(3)4)33-27(36)24(34-29(38)25-17-31-11-12-32-25)16-20-9-10-21-7-5-6-8-22(21)15-20/h5-12,15,17-19,23-24,26,39-40H,13-14,16H2,1-4H3,(H,33,36)(H,34,38)(H,35,37)/t23-,24-,26-/m0/s1. The maximum absolute atomic E-state index is 13.6. The molecule has 0 bridgehead atoms. The molecule has 3 aromatic rings. The third-order valence-electron chi connectivity index (χ3n) is 6.42. The Morgan fingerprint density at radius 1 is 0.825 bits per heavy atom. The first-order valence-electron chi connectivity index (χ1n) is 13.5. The van der Waals surface area contributed by atoms with E-state index in [0.29, 0.717) is 12.8 Å². The molecule has 1 aromatic heterocycles. The van der Waals surface area contributed by atoms with Crippen molar-refractivity contribution in [1.29, 1.82) is 0 Å². The molecule has 0 spiro atoms. The smallest absolute Gasteiger partial charge is 0.426 e. The number of rotatable bonds is 13. The summed E-state index contributed by atoms with van der Waals surface area (Å²) in [4.78, 5) is 47.8.